The van der Waals surface area contributed by atoms with E-state index in [4.69, 9.17) is 15.2 Å². The first kappa shape index (κ1) is 16.9. The van der Waals surface area contributed by atoms with Crippen molar-refractivity contribution in [2.45, 2.75) is 25.5 Å². The second kappa shape index (κ2) is 9.69. The Morgan fingerprint density at radius 2 is 1.95 bits per heavy atom. The molecule has 0 amide bonds. The van der Waals surface area contributed by atoms with E-state index in [0.717, 1.165) is 30.8 Å². The van der Waals surface area contributed by atoms with Crippen LogP contribution in [-0.4, -0.2) is 39.5 Å². The van der Waals surface area contributed by atoms with Gasteiger partial charge in [0.2, 0.25) is 0 Å². The Morgan fingerprint density at radius 3 is 2.50 bits per heavy atom. The molecule has 0 radical (unpaired) electrons. The molecular weight excluding hydrogens is 259 g/mol. The number of halogens is 1. The van der Waals surface area contributed by atoms with E-state index in [1.807, 2.05) is 24.3 Å². The number of nitrogens with two attached hydrogens (primary N) is 1. The van der Waals surface area contributed by atoms with Gasteiger partial charge in [-0.15, -0.1) is 0 Å². The molecule has 20 heavy (non-hydrogen) atoms. The van der Waals surface area contributed by atoms with Gasteiger partial charge in [-0.3, -0.25) is 0 Å². The van der Waals surface area contributed by atoms with Gasteiger partial charge < -0.3 is 20.5 Å². The van der Waals surface area contributed by atoms with Crippen molar-refractivity contribution in [1.29, 1.82) is 0 Å². The zero-order chi connectivity index (χ0) is 14.8. The maximum Gasteiger partial charge on any atom is 0.119 e. The fourth-order valence-electron chi connectivity index (χ4n) is 1.94. The summed E-state index contributed by atoms with van der Waals surface area (Å²) in [4.78, 5) is 0. The van der Waals surface area contributed by atoms with E-state index in [9.17, 15) is 4.39 Å². The highest BCUT2D eigenvalue weighted by Gasteiger charge is 2.19. The lowest BCUT2D eigenvalue weighted by Crippen LogP contribution is -2.31. The Morgan fingerprint density at radius 1 is 1.25 bits per heavy atom. The van der Waals surface area contributed by atoms with Crippen LogP contribution in [0.15, 0.2) is 24.3 Å². The third-order valence-corrected chi connectivity index (χ3v) is 3.00. The van der Waals surface area contributed by atoms with E-state index in [2.05, 4.69) is 12.2 Å². The molecule has 0 aliphatic heterocycles. The normalized spacial score (nSPS) is 14.0. The molecular formula is C15H25FN2O2. The summed E-state index contributed by atoms with van der Waals surface area (Å²) in [6.45, 7) is 3.96. The van der Waals surface area contributed by atoms with Gasteiger partial charge in [-0.1, -0.05) is 19.1 Å². The van der Waals surface area contributed by atoms with Crippen molar-refractivity contribution < 1.29 is 13.9 Å². The lowest BCUT2D eigenvalue weighted by molar-refractivity contribution is 0.0720. The fraction of sp³-hybridized carbons (Fsp3) is 0.600. The average molecular weight is 284 g/mol. The Labute approximate surface area is 120 Å². The number of methoxy groups -OCH3 is 1. The van der Waals surface area contributed by atoms with E-state index in [1.165, 1.54) is 7.11 Å². The van der Waals surface area contributed by atoms with Gasteiger partial charge in [0.15, 0.2) is 0 Å². The first-order chi connectivity index (χ1) is 9.72. The molecule has 5 heteroatoms. The molecule has 0 bridgehead atoms. The lowest BCUT2D eigenvalue weighted by Gasteiger charge is -2.20. The topological polar surface area (TPSA) is 56.5 Å². The summed E-state index contributed by atoms with van der Waals surface area (Å²) < 4.78 is 23.5. The van der Waals surface area contributed by atoms with Crippen LogP contribution in [0.2, 0.25) is 0 Å². The van der Waals surface area contributed by atoms with Crippen LogP contribution in [-0.2, 0) is 4.74 Å². The summed E-state index contributed by atoms with van der Waals surface area (Å²) in [7, 11) is 1.53. The fourth-order valence-corrected chi connectivity index (χ4v) is 1.94. The van der Waals surface area contributed by atoms with Crippen LogP contribution in [0.1, 0.15) is 25.0 Å². The lowest BCUT2D eigenvalue weighted by atomic mass is 10.0. The van der Waals surface area contributed by atoms with Crippen molar-refractivity contribution in [3.8, 4) is 5.75 Å². The maximum atomic E-state index is 12.6. The maximum absolute atomic E-state index is 12.6. The van der Waals surface area contributed by atoms with Crippen LogP contribution in [0, 0.1) is 0 Å². The van der Waals surface area contributed by atoms with Gasteiger partial charge in [0.05, 0.1) is 12.1 Å². The average Bonchev–Trinajstić information content (AvgIpc) is 2.49. The summed E-state index contributed by atoms with van der Waals surface area (Å²) in [6.07, 6.45) is 0.683. The summed E-state index contributed by atoms with van der Waals surface area (Å²) >= 11 is 0. The van der Waals surface area contributed by atoms with Crippen LogP contribution in [0.5, 0.6) is 5.75 Å². The molecule has 2 unspecified atom stereocenters. The predicted molar refractivity (Wildman–Crippen MR) is 78.8 cm³/mol. The quantitative estimate of drug-likeness (QED) is 0.646. The highest BCUT2D eigenvalue weighted by atomic mass is 19.1. The number of hydrogen-bond acceptors (Lipinski definition) is 4. The molecule has 1 rings (SSSR count). The molecule has 0 aliphatic carbocycles. The van der Waals surface area contributed by atoms with Gasteiger partial charge in [-0.05, 0) is 30.7 Å². The number of ether oxygens (including phenoxy) is 2. The van der Waals surface area contributed by atoms with Gasteiger partial charge in [0.1, 0.15) is 19.0 Å². The number of hydrogen-bond donors (Lipinski definition) is 2. The Kier molecular flexibility index (Phi) is 8.18. The smallest absolute Gasteiger partial charge is 0.119 e. The van der Waals surface area contributed by atoms with Gasteiger partial charge in [0.25, 0.3) is 0 Å². The molecule has 1 aromatic carbocycles. The summed E-state index contributed by atoms with van der Waals surface area (Å²) in [6, 6.07) is 6.78. The summed E-state index contributed by atoms with van der Waals surface area (Å²) in [5.41, 5.74) is 6.54. The van der Waals surface area contributed by atoms with Gasteiger partial charge in [-0.25, -0.2) is 4.39 Å². The zero-order valence-corrected chi connectivity index (χ0v) is 12.3. The highest BCUT2D eigenvalue weighted by Crippen LogP contribution is 2.22. The zero-order valence-electron chi connectivity index (χ0n) is 12.3. The molecule has 1 aromatic rings. The standard InChI is InChI=1S/C15H25FN2O2/c1-3-8-18-9-10-20-13-6-4-12(5-7-13)15(19-2)14(17)11-16/h4-7,14-15,18H,3,8-11,17H2,1-2H3. The van der Waals surface area contributed by atoms with E-state index in [-0.39, 0.29) is 0 Å². The van der Waals surface area contributed by atoms with Crippen LogP contribution in [0.4, 0.5) is 4.39 Å². The van der Waals surface area contributed by atoms with Gasteiger partial charge >= 0.3 is 0 Å². The van der Waals surface area contributed by atoms with E-state index < -0.39 is 18.8 Å². The van der Waals surface area contributed by atoms with Crippen molar-refractivity contribution in [3.05, 3.63) is 29.8 Å². The largest absolute Gasteiger partial charge is 0.492 e. The predicted octanol–water partition coefficient (Wildman–Crippen LogP) is 2.05. The minimum Gasteiger partial charge on any atom is -0.492 e. The second-order valence-electron chi connectivity index (χ2n) is 4.64. The molecule has 4 nitrogen and oxygen atoms in total. The SMILES string of the molecule is CCCNCCOc1ccc(C(OC)C(N)CF)cc1. The molecule has 0 heterocycles. The first-order valence-corrected chi connectivity index (χ1v) is 7.00. The van der Waals surface area contributed by atoms with Gasteiger partial charge in [0, 0.05) is 13.7 Å². The minimum absolute atomic E-state index is 0.430. The van der Waals surface area contributed by atoms with E-state index >= 15 is 0 Å². The molecule has 0 fully saturated rings. The van der Waals surface area contributed by atoms with Gasteiger partial charge in [-0.2, -0.15) is 0 Å². The Balaban J connectivity index is 2.46. The molecule has 3 N–H and O–H groups in total. The van der Waals surface area contributed by atoms with Crippen molar-refractivity contribution in [2.75, 3.05) is 33.5 Å². The summed E-state index contributed by atoms with van der Waals surface area (Å²) in [5.74, 6) is 0.788. The number of rotatable bonds is 10. The Bertz CT molecular complexity index is 359. The van der Waals surface area contributed by atoms with Crippen molar-refractivity contribution in [2.24, 2.45) is 5.73 Å². The molecule has 0 aliphatic rings. The van der Waals surface area contributed by atoms with Crippen molar-refractivity contribution in [1.82, 2.24) is 5.32 Å². The van der Waals surface area contributed by atoms with Crippen molar-refractivity contribution >= 4 is 0 Å². The summed E-state index contributed by atoms with van der Waals surface area (Å²) in [5, 5.41) is 3.26. The Hall–Kier alpha value is -1.17. The number of nitrogens with one attached hydrogen (secondary N) is 1. The first-order valence-electron chi connectivity index (χ1n) is 7.00. The van der Waals surface area contributed by atoms with Crippen LogP contribution in [0.25, 0.3) is 0 Å². The molecule has 0 saturated heterocycles. The highest BCUT2D eigenvalue weighted by molar-refractivity contribution is 5.29. The van der Waals surface area contributed by atoms with Crippen LogP contribution in [0.3, 0.4) is 0 Å². The molecule has 2 atom stereocenters. The minimum atomic E-state index is -0.648. The molecule has 0 saturated carbocycles. The van der Waals surface area contributed by atoms with Crippen molar-refractivity contribution in [3.63, 3.8) is 0 Å². The molecule has 114 valence electrons. The van der Waals surface area contributed by atoms with E-state index in [1.54, 1.807) is 0 Å². The third kappa shape index (κ3) is 5.45. The molecule has 0 aromatic heterocycles. The van der Waals surface area contributed by atoms with Crippen LogP contribution >= 0.6 is 0 Å². The van der Waals surface area contributed by atoms with Crippen LogP contribution < -0.4 is 15.8 Å². The van der Waals surface area contributed by atoms with E-state index in [0.29, 0.717) is 6.61 Å². The third-order valence-electron chi connectivity index (χ3n) is 3.00. The monoisotopic (exact) mass is 284 g/mol. The number of alkyl halides is 1. The molecule has 0 spiro atoms. The second-order valence-corrected chi connectivity index (χ2v) is 4.64. The number of benzene rings is 1.